The summed E-state index contributed by atoms with van der Waals surface area (Å²) in [6.45, 7) is 2.50. The highest BCUT2D eigenvalue weighted by molar-refractivity contribution is 5.71. The lowest BCUT2D eigenvalue weighted by Crippen LogP contribution is -2.29. The number of aliphatic carboxylic acids is 1. The van der Waals surface area contributed by atoms with E-state index in [0.717, 1.165) is 11.3 Å². The van der Waals surface area contributed by atoms with E-state index < -0.39 is 18.0 Å². The monoisotopic (exact) mass is 276 g/mol. The predicted molar refractivity (Wildman–Crippen MR) is 75.6 cm³/mol. The van der Waals surface area contributed by atoms with E-state index in [1.165, 1.54) is 0 Å². The molecule has 3 atom stereocenters. The van der Waals surface area contributed by atoms with Crippen molar-refractivity contribution >= 4 is 5.97 Å². The second kappa shape index (κ2) is 6.57. The van der Waals surface area contributed by atoms with Crippen LogP contribution < -0.4 is 4.74 Å². The fourth-order valence-corrected chi connectivity index (χ4v) is 2.64. The number of hydrogen-bond donors (Lipinski definition) is 2. The molecular weight excluding hydrogens is 256 g/mol. The number of aliphatic hydroxyl groups is 1. The minimum Gasteiger partial charge on any atom is -0.494 e. The topological polar surface area (TPSA) is 66.8 Å². The van der Waals surface area contributed by atoms with Crippen LogP contribution in [0.15, 0.2) is 36.4 Å². The van der Waals surface area contributed by atoms with Crippen LogP contribution in [0.2, 0.25) is 0 Å². The standard InChI is InChI=1S/C16H20O4/c1-2-20-12-9-7-11(8-10-12)15(17)13-5-3-4-6-14(13)16(18)19/h3-4,7-10,13-15,17H,2,5-6H2,1H3,(H,18,19). The molecule has 1 aromatic rings. The molecule has 20 heavy (non-hydrogen) atoms. The molecule has 2 N–H and O–H groups in total. The van der Waals surface area contributed by atoms with E-state index in [-0.39, 0.29) is 5.92 Å². The summed E-state index contributed by atoms with van der Waals surface area (Å²) in [5.41, 5.74) is 0.736. The molecule has 0 radical (unpaired) electrons. The third-order valence-electron chi connectivity index (χ3n) is 3.74. The Balaban J connectivity index is 2.14. The van der Waals surface area contributed by atoms with Gasteiger partial charge in [-0.05, 0) is 37.5 Å². The van der Waals surface area contributed by atoms with Crippen molar-refractivity contribution in [2.45, 2.75) is 25.9 Å². The Kier molecular flexibility index (Phi) is 4.79. The molecule has 0 fully saturated rings. The van der Waals surface area contributed by atoms with E-state index >= 15 is 0 Å². The number of aliphatic hydroxyl groups excluding tert-OH is 1. The Morgan fingerprint density at radius 3 is 2.55 bits per heavy atom. The van der Waals surface area contributed by atoms with Gasteiger partial charge in [-0.3, -0.25) is 4.79 Å². The highest BCUT2D eigenvalue weighted by Gasteiger charge is 2.34. The fourth-order valence-electron chi connectivity index (χ4n) is 2.64. The molecule has 0 bridgehead atoms. The molecule has 2 rings (SSSR count). The van der Waals surface area contributed by atoms with Gasteiger partial charge in [0.2, 0.25) is 0 Å². The molecule has 0 heterocycles. The number of benzene rings is 1. The van der Waals surface area contributed by atoms with Gasteiger partial charge in [-0.15, -0.1) is 0 Å². The van der Waals surface area contributed by atoms with E-state index in [9.17, 15) is 15.0 Å². The number of allylic oxidation sites excluding steroid dienone is 2. The lowest BCUT2D eigenvalue weighted by molar-refractivity contribution is -0.145. The van der Waals surface area contributed by atoms with Gasteiger partial charge in [0.15, 0.2) is 0 Å². The lowest BCUT2D eigenvalue weighted by atomic mass is 9.77. The van der Waals surface area contributed by atoms with E-state index in [1.807, 2.05) is 19.1 Å². The van der Waals surface area contributed by atoms with E-state index in [2.05, 4.69) is 0 Å². The molecule has 0 aliphatic heterocycles. The van der Waals surface area contributed by atoms with Crippen molar-refractivity contribution in [2.24, 2.45) is 11.8 Å². The van der Waals surface area contributed by atoms with Gasteiger partial charge in [-0.2, -0.15) is 0 Å². The Hall–Kier alpha value is -1.81. The van der Waals surface area contributed by atoms with Gasteiger partial charge >= 0.3 is 5.97 Å². The number of rotatable bonds is 5. The molecule has 1 aliphatic carbocycles. The Bertz CT molecular complexity index is 478. The van der Waals surface area contributed by atoms with E-state index in [0.29, 0.717) is 19.4 Å². The first-order valence-corrected chi connectivity index (χ1v) is 6.92. The average molecular weight is 276 g/mol. The summed E-state index contributed by atoms with van der Waals surface area (Å²) in [6.07, 6.45) is 4.12. The summed E-state index contributed by atoms with van der Waals surface area (Å²) in [6, 6.07) is 7.20. The minimum atomic E-state index is -0.843. The first-order valence-electron chi connectivity index (χ1n) is 6.92. The smallest absolute Gasteiger partial charge is 0.307 e. The summed E-state index contributed by atoms with van der Waals surface area (Å²) in [7, 11) is 0. The summed E-state index contributed by atoms with van der Waals surface area (Å²) >= 11 is 0. The van der Waals surface area contributed by atoms with Crippen LogP contribution in [0.1, 0.15) is 31.4 Å². The third-order valence-corrected chi connectivity index (χ3v) is 3.74. The number of ether oxygens (including phenoxy) is 1. The number of hydrogen-bond acceptors (Lipinski definition) is 3. The van der Waals surface area contributed by atoms with Crippen molar-refractivity contribution in [2.75, 3.05) is 6.61 Å². The number of carboxylic acid groups (broad SMARTS) is 1. The second-order valence-electron chi connectivity index (χ2n) is 5.00. The molecule has 0 saturated carbocycles. The van der Waals surface area contributed by atoms with Crippen LogP contribution in [0.4, 0.5) is 0 Å². The lowest BCUT2D eigenvalue weighted by Gasteiger charge is -2.29. The summed E-state index contributed by atoms with van der Waals surface area (Å²) in [4.78, 5) is 11.3. The molecule has 4 heteroatoms. The molecule has 4 nitrogen and oxygen atoms in total. The minimum absolute atomic E-state index is 0.282. The largest absolute Gasteiger partial charge is 0.494 e. The summed E-state index contributed by atoms with van der Waals surface area (Å²) in [5, 5.41) is 19.7. The van der Waals surface area contributed by atoms with Crippen molar-refractivity contribution in [3.05, 3.63) is 42.0 Å². The van der Waals surface area contributed by atoms with Gasteiger partial charge in [-0.25, -0.2) is 0 Å². The van der Waals surface area contributed by atoms with E-state index in [4.69, 9.17) is 4.74 Å². The zero-order chi connectivity index (χ0) is 14.5. The molecule has 0 saturated heterocycles. The van der Waals surface area contributed by atoms with Crippen LogP contribution in [-0.2, 0) is 4.79 Å². The van der Waals surface area contributed by atoms with Gasteiger partial charge < -0.3 is 14.9 Å². The Morgan fingerprint density at radius 1 is 1.30 bits per heavy atom. The normalized spacial score (nSPS) is 23.3. The van der Waals surface area contributed by atoms with Crippen molar-refractivity contribution < 1.29 is 19.7 Å². The maximum Gasteiger partial charge on any atom is 0.307 e. The van der Waals surface area contributed by atoms with Crippen LogP contribution in [0, 0.1) is 11.8 Å². The number of carboxylic acids is 1. The predicted octanol–water partition coefficient (Wildman–Crippen LogP) is 2.79. The third kappa shape index (κ3) is 3.20. The van der Waals surface area contributed by atoms with Gasteiger partial charge in [-0.1, -0.05) is 24.3 Å². The van der Waals surface area contributed by atoms with Crippen molar-refractivity contribution in [1.82, 2.24) is 0 Å². The van der Waals surface area contributed by atoms with Gasteiger partial charge in [0.25, 0.3) is 0 Å². The maximum absolute atomic E-state index is 11.3. The first kappa shape index (κ1) is 14.6. The van der Waals surface area contributed by atoms with Gasteiger partial charge in [0.1, 0.15) is 5.75 Å². The van der Waals surface area contributed by atoms with Gasteiger partial charge in [0, 0.05) is 5.92 Å². The van der Waals surface area contributed by atoms with Crippen LogP contribution in [0.25, 0.3) is 0 Å². The van der Waals surface area contributed by atoms with Crippen LogP contribution in [0.5, 0.6) is 5.75 Å². The Morgan fingerprint density at radius 2 is 1.95 bits per heavy atom. The van der Waals surface area contributed by atoms with E-state index in [1.54, 1.807) is 24.3 Å². The molecule has 0 aromatic heterocycles. The highest BCUT2D eigenvalue weighted by atomic mass is 16.5. The summed E-state index contributed by atoms with van der Waals surface area (Å²) in [5.74, 6) is -0.900. The SMILES string of the molecule is CCOc1ccc(C(O)C2CC=CCC2C(=O)O)cc1. The molecule has 0 amide bonds. The second-order valence-corrected chi connectivity index (χ2v) is 5.00. The van der Waals surface area contributed by atoms with Crippen LogP contribution in [-0.4, -0.2) is 22.8 Å². The average Bonchev–Trinajstić information content (AvgIpc) is 2.47. The zero-order valence-electron chi connectivity index (χ0n) is 11.5. The van der Waals surface area contributed by atoms with Crippen LogP contribution in [0.3, 0.4) is 0 Å². The van der Waals surface area contributed by atoms with Gasteiger partial charge in [0.05, 0.1) is 18.6 Å². The zero-order valence-corrected chi connectivity index (χ0v) is 11.5. The quantitative estimate of drug-likeness (QED) is 0.811. The summed E-state index contributed by atoms with van der Waals surface area (Å²) < 4.78 is 5.36. The molecular formula is C16H20O4. The van der Waals surface area contributed by atoms with Crippen LogP contribution >= 0.6 is 0 Å². The van der Waals surface area contributed by atoms with Crippen molar-refractivity contribution in [1.29, 1.82) is 0 Å². The number of carbonyl (C=O) groups is 1. The molecule has 108 valence electrons. The molecule has 1 aromatic carbocycles. The van der Waals surface area contributed by atoms with Crippen molar-refractivity contribution in [3.8, 4) is 5.75 Å². The highest BCUT2D eigenvalue weighted by Crippen LogP contribution is 2.36. The maximum atomic E-state index is 11.3. The van der Waals surface area contributed by atoms with Crippen molar-refractivity contribution in [3.63, 3.8) is 0 Å². The molecule has 1 aliphatic rings. The Labute approximate surface area is 118 Å². The first-order chi connectivity index (χ1) is 9.63. The fraction of sp³-hybridized carbons (Fsp3) is 0.438. The molecule has 3 unspecified atom stereocenters. The molecule has 0 spiro atoms.